The predicted octanol–water partition coefficient (Wildman–Crippen LogP) is 1.93. The Hall–Kier alpha value is -0.680. The summed E-state index contributed by atoms with van der Waals surface area (Å²) in [6.07, 6.45) is -5.46. The average Bonchev–Trinajstić information content (AvgIpc) is 3.22. The summed E-state index contributed by atoms with van der Waals surface area (Å²) < 4.78 is 1.99. The van der Waals surface area contributed by atoms with Crippen LogP contribution >= 0.6 is 136 Å². The van der Waals surface area contributed by atoms with Gasteiger partial charge in [0.25, 0.3) is 0 Å². The van der Waals surface area contributed by atoms with Crippen LogP contribution in [0.2, 0.25) is 0 Å². The van der Waals surface area contributed by atoms with E-state index in [4.69, 9.17) is 0 Å². The minimum absolute atomic E-state index is 0.0589. The second-order valence-corrected chi connectivity index (χ2v) is 21.0. The van der Waals surface area contributed by atoms with Gasteiger partial charge in [-0.15, -0.1) is 0 Å². The van der Waals surface area contributed by atoms with Crippen molar-refractivity contribution in [3.8, 4) is 0 Å². The van der Waals surface area contributed by atoms with E-state index in [0.29, 0.717) is 21.4 Å². The van der Waals surface area contributed by atoms with E-state index >= 15 is 0 Å². The quantitative estimate of drug-likeness (QED) is 0.0783. The SMILES string of the molecule is CC(=O)N(CCCN(C(C)=O)c1c(I)c(N(CC(O)CO)C(C)=O)c(I)c(N(CC(O)CO)C(C)=O)c1I)c1c(I)c(N(CC(O)CO)C(C)=O)c(I)c(N(CC(O)CO)C(C)=O)c1I. The van der Waals surface area contributed by atoms with Gasteiger partial charge < -0.3 is 70.3 Å². The third-order valence-electron chi connectivity index (χ3n) is 9.57. The molecular weight excluding hydrogens is 1540 g/mol. The summed E-state index contributed by atoms with van der Waals surface area (Å²) in [6.45, 7) is 3.11. The summed E-state index contributed by atoms with van der Waals surface area (Å²) in [6, 6.07) is 0. The van der Waals surface area contributed by atoms with Gasteiger partial charge in [0.2, 0.25) is 35.4 Å². The highest BCUT2D eigenvalue weighted by Crippen LogP contribution is 2.49. The summed E-state index contributed by atoms with van der Waals surface area (Å²) in [5.74, 6) is -3.19. The number of hydrogen-bond acceptors (Lipinski definition) is 14. The first-order chi connectivity index (χ1) is 30.2. The highest BCUT2D eigenvalue weighted by atomic mass is 127. The largest absolute Gasteiger partial charge is 0.394 e. The molecule has 8 N–H and O–H groups in total. The molecule has 0 saturated carbocycles. The molecule has 0 aliphatic heterocycles. The molecule has 4 atom stereocenters. The molecule has 2 aromatic rings. The molecule has 0 spiro atoms. The first-order valence-corrected chi connectivity index (χ1v) is 26.0. The van der Waals surface area contributed by atoms with Crippen LogP contribution in [-0.2, 0) is 28.8 Å². The molecule has 65 heavy (non-hydrogen) atoms. The molecule has 0 bridgehead atoms. The Kier molecular flexibility index (Phi) is 25.7. The molecule has 20 nitrogen and oxygen atoms in total. The number of benzene rings is 2. The molecule has 0 aliphatic carbocycles. The summed E-state index contributed by atoms with van der Waals surface area (Å²) in [5.41, 5.74) is 1.20. The van der Waals surface area contributed by atoms with Crippen molar-refractivity contribution in [1.29, 1.82) is 0 Å². The fraction of sp³-hybridized carbons (Fsp3) is 0.538. The van der Waals surface area contributed by atoms with Crippen molar-refractivity contribution in [3.63, 3.8) is 0 Å². The van der Waals surface area contributed by atoms with E-state index in [0.717, 1.165) is 0 Å². The topological polar surface area (TPSA) is 284 Å². The van der Waals surface area contributed by atoms with E-state index in [1.54, 1.807) is 0 Å². The zero-order valence-electron chi connectivity index (χ0n) is 36.1. The van der Waals surface area contributed by atoms with Crippen LogP contribution in [0, 0.1) is 21.4 Å². The molecular formula is C39H52I6N6O14. The molecule has 0 aromatic heterocycles. The molecule has 364 valence electrons. The lowest BCUT2D eigenvalue weighted by Gasteiger charge is -2.36. The molecule has 0 aliphatic rings. The van der Waals surface area contributed by atoms with E-state index in [1.807, 2.05) is 136 Å². The molecule has 0 heterocycles. The van der Waals surface area contributed by atoms with Crippen LogP contribution in [-0.4, -0.2) is 166 Å². The van der Waals surface area contributed by atoms with Gasteiger partial charge in [0, 0.05) is 54.6 Å². The molecule has 0 radical (unpaired) electrons. The van der Waals surface area contributed by atoms with Gasteiger partial charge in [0.05, 0.1) is 133 Å². The maximum absolute atomic E-state index is 13.8. The van der Waals surface area contributed by atoms with E-state index in [-0.39, 0.29) is 79.8 Å². The van der Waals surface area contributed by atoms with Crippen molar-refractivity contribution in [2.45, 2.75) is 72.4 Å². The fourth-order valence-electron chi connectivity index (χ4n) is 6.50. The van der Waals surface area contributed by atoms with Crippen molar-refractivity contribution >= 4 is 205 Å². The van der Waals surface area contributed by atoms with E-state index in [9.17, 15) is 69.6 Å². The maximum Gasteiger partial charge on any atom is 0.224 e. The molecule has 0 saturated heterocycles. The lowest BCUT2D eigenvalue weighted by molar-refractivity contribution is -0.117. The second kappa shape index (κ2) is 27.6. The van der Waals surface area contributed by atoms with Gasteiger partial charge >= 0.3 is 0 Å². The fourth-order valence-corrected chi connectivity index (χ4v) is 16.3. The predicted molar refractivity (Wildman–Crippen MR) is 294 cm³/mol. The number of halogens is 6. The molecule has 2 rings (SSSR count). The van der Waals surface area contributed by atoms with Crippen molar-refractivity contribution in [2.24, 2.45) is 0 Å². The average molecular weight is 1590 g/mol. The van der Waals surface area contributed by atoms with Gasteiger partial charge in [0.1, 0.15) is 0 Å². The molecule has 0 fully saturated rings. The first kappa shape index (κ1) is 60.4. The Bertz CT molecular complexity index is 1850. The third kappa shape index (κ3) is 15.2. The monoisotopic (exact) mass is 1590 g/mol. The summed E-state index contributed by atoms with van der Waals surface area (Å²) in [4.78, 5) is 88.2. The van der Waals surface area contributed by atoms with Crippen molar-refractivity contribution in [2.75, 3.05) is 95.1 Å². The van der Waals surface area contributed by atoms with Crippen LogP contribution in [0.5, 0.6) is 0 Å². The number of carbonyl (C=O) groups is 6. The Morgan fingerprint density at radius 1 is 0.354 bits per heavy atom. The Morgan fingerprint density at radius 2 is 0.508 bits per heavy atom. The van der Waals surface area contributed by atoms with Crippen LogP contribution in [0.15, 0.2) is 0 Å². The van der Waals surface area contributed by atoms with Crippen LogP contribution in [0.3, 0.4) is 0 Å². The van der Waals surface area contributed by atoms with Gasteiger partial charge in [-0.2, -0.15) is 0 Å². The van der Waals surface area contributed by atoms with Gasteiger partial charge in [-0.25, -0.2) is 0 Å². The van der Waals surface area contributed by atoms with Crippen molar-refractivity contribution in [3.05, 3.63) is 21.4 Å². The highest BCUT2D eigenvalue weighted by molar-refractivity contribution is 14.1. The Labute approximate surface area is 458 Å². The van der Waals surface area contributed by atoms with E-state index in [1.165, 1.54) is 70.9 Å². The molecule has 6 amide bonds. The van der Waals surface area contributed by atoms with Gasteiger partial charge in [-0.1, -0.05) is 0 Å². The molecule has 26 heteroatoms. The van der Waals surface area contributed by atoms with Crippen LogP contribution in [0.25, 0.3) is 0 Å². The van der Waals surface area contributed by atoms with Gasteiger partial charge in [-0.3, -0.25) is 28.8 Å². The number of nitrogens with zero attached hydrogens (tertiary/aromatic N) is 6. The second-order valence-electron chi connectivity index (χ2n) is 14.5. The summed E-state index contributed by atoms with van der Waals surface area (Å²) in [7, 11) is 0. The number of rotatable bonds is 22. The van der Waals surface area contributed by atoms with E-state index < -0.39 is 86.3 Å². The Morgan fingerprint density at radius 3 is 0.646 bits per heavy atom. The molecule has 4 unspecified atom stereocenters. The lowest BCUT2D eigenvalue weighted by atomic mass is 10.1. The normalized spacial score (nSPS) is 13.1. The zero-order valence-corrected chi connectivity index (χ0v) is 49.0. The van der Waals surface area contributed by atoms with Crippen LogP contribution in [0.1, 0.15) is 48.0 Å². The number of carbonyl (C=O) groups excluding carboxylic acids is 6. The highest BCUT2D eigenvalue weighted by Gasteiger charge is 2.36. The van der Waals surface area contributed by atoms with Gasteiger partial charge in [-0.05, 0) is 142 Å². The number of aliphatic hydroxyl groups is 8. The van der Waals surface area contributed by atoms with Crippen molar-refractivity contribution in [1.82, 2.24) is 0 Å². The number of anilines is 6. The van der Waals surface area contributed by atoms with E-state index in [2.05, 4.69) is 0 Å². The maximum atomic E-state index is 13.8. The van der Waals surface area contributed by atoms with Crippen molar-refractivity contribution < 1.29 is 69.6 Å². The number of aliphatic hydroxyl groups excluding tert-OH is 8. The Balaban J connectivity index is 3.04. The number of amides is 6. The van der Waals surface area contributed by atoms with Crippen LogP contribution in [0.4, 0.5) is 34.1 Å². The summed E-state index contributed by atoms with van der Waals surface area (Å²) in [5, 5.41) is 81.0. The van der Waals surface area contributed by atoms with Crippen LogP contribution < -0.4 is 29.4 Å². The lowest BCUT2D eigenvalue weighted by Crippen LogP contribution is -2.42. The molecule has 2 aromatic carbocycles. The summed E-state index contributed by atoms with van der Waals surface area (Å²) >= 11 is 11.7. The first-order valence-electron chi connectivity index (χ1n) is 19.5. The zero-order chi connectivity index (χ0) is 49.9. The van der Waals surface area contributed by atoms with Gasteiger partial charge in [0.15, 0.2) is 0 Å². The minimum Gasteiger partial charge on any atom is -0.394 e. The standard InChI is InChI=1S/C39H52I6N6O14/c1-18(56)46(34-28(40)36(48(20(3)58)10-24(62)14-52)32(44)37(29(34)41)49(21(4)59)11-25(63)15-53)8-7-9-47(19(2)57)35-30(42)38(50(22(5)60)12-26(64)16-54)33(45)39(31(35)43)51(23(6)61)13-27(65)17-55/h24-27,52-55,62-65H,7-17H2,1-6H3. The minimum atomic E-state index is -1.38. The third-order valence-corrected chi connectivity index (χ3v) is 15.7. The smallest absolute Gasteiger partial charge is 0.224 e. The number of hydrogen-bond donors (Lipinski definition) is 8.